The molecule has 0 aliphatic rings. The summed E-state index contributed by atoms with van der Waals surface area (Å²) in [5, 5.41) is 10.7. The first-order valence-corrected chi connectivity index (χ1v) is 6.27. The van der Waals surface area contributed by atoms with Crippen LogP contribution in [-0.4, -0.2) is 16.3 Å². The molecule has 0 spiro atoms. The zero-order chi connectivity index (χ0) is 12.6. The van der Waals surface area contributed by atoms with Gasteiger partial charge in [0.1, 0.15) is 0 Å². The molecule has 17 heavy (non-hydrogen) atoms. The number of rotatable bonds is 3. The molecule has 1 heterocycles. The lowest BCUT2D eigenvalue weighted by molar-refractivity contribution is 0.273. The molecule has 92 valence electrons. The summed E-state index contributed by atoms with van der Waals surface area (Å²) in [6.45, 7) is 8.79. The van der Waals surface area contributed by atoms with Crippen molar-refractivity contribution in [3.63, 3.8) is 0 Å². The van der Waals surface area contributed by atoms with Gasteiger partial charge in [0.15, 0.2) is 0 Å². The Hall–Kier alpha value is -1.28. The summed E-state index contributed by atoms with van der Waals surface area (Å²) >= 11 is 0. The molecule has 0 saturated carbocycles. The van der Waals surface area contributed by atoms with Crippen molar-refractivity contribution in [1.29, 1.82) is 0 Å². The van der Waals surface area contributed by atoms with E-state index in [0.29, 0.717) is 6.04 Å². The summed E-state index contributed by atoms with van der Waals surface area (Å²) in [4.78, 5) is 0. The lowest BCUT2D eigenvalue weighted by atomic mass is 9.99. The molecule has 0 amide bonds. The Labute approximate surface area is 103 Å². The fourth-order valence-electron chi connectivity index (χ4n) is 2.43. The van der Waals surface area contributed by atoms with Gasteiger partial charge in [-0.2, -0.15) is 0 Å². The van der Waals surface area contributed by atoms with Crippen molar-refractivity contribution in [2.24, 2.45) is 0 Å². The molecule has 2 aromatic rings. The van der Waals surface area contributed by atoms with Gasteiger partial charge in [0.25, 0.3) is 0 Å². The van der Waals surface area contributed by atoms with Crippen molar-refractivity contribution in [2.45, 2.75) is 39.7 Å². The predicted molar refractivity (Wildman–Crippen MR) is 72.6 cm³/mol. The number of aliphatic hydroxyl groups is 1. The van der Waals surface area contributed by atoms with Crippen LogP contribution in [0.25, 0.3) is 10.9 Å². The van der Waals surface area contributed by atoms with Crippen LogP contribution in [0.4, 0.5) is 0 Å². The molecule has 1 N–H and O–H groups in total. The van der Waals surface area contributed by atoms with E-state index in [1.807, 2.05) is 0 Å². The number of fused-ring (bicyclic) bond motifs is 1. The van der Waals surface area contributed by atoms with Gasteiger partial charge in [0.2, 0.25) is 0 Å². The highest BCUT2D eigenvalue weighted by atomic mass is 16.3. The second kappa shape index (κ2) is 4.53. The Kier molecular flexibility index (Phi) is 3.25. The van der Waals surface area contributed by atoms with E-state index < -0.39 is 0 Å². The molecule has 1 atom stereocenters. The van der Waals surface area contributed by atoms with E-state index in [1.165, 1.54) is 22.0 Å². The molecule has 0 saturated heterocycles. The molecule has 1 unspecified atom stereocenters. The second-order valence-electron chi connectivity index (χ2n) is 5.14. The van der Waals surface area contributed by atoms with E-state index in [4.69, 9.17) is 0 Å². The standard InChI is InChI=1S/C15H21NO/c1-10(2)16-8-13(12(4)9-17)15-11(3)6-5-7-14(15)16/h5-8,10,12,17H,9H2,1-4H3. The molecular formula is C15H21NO. The Morgan fingerprint density at radius 2 is 1.94 bits per heavy atom. The Bertz CT molecular complexity index is 525. The van der Waals surface area contributed by atoms with Gasteiger partial charge < -0.3 is 9.67 Å². The quantitative estimate of drug-likeness (QED) is 0.857. The van der Waals surface area contributed by atoms with E-state index in [1.54, 1.807) is 0 Å². The van der Waals surface area contributed by atoms with Crippen molar-refractivity contribution in [3.8, 4) is 0 Å². The van der Waals surface area contributed by atoms with Crippen molar-refractivity contribution >= 4 is 10.9 Å². The third-order valence-corrected chi connectivity index (χ3v) is 3.46. The highest BCUT2D eigenvalue weighted by Gasteiger charge is 2.16. The predicted octanol–water partition coefficient (Wildman–Crippen LogP) is 3.63. The van der Waals surface area contributed by atoms with Crippen LogP contribution in [0.1, 0.15) is 43.9 Å². The molecule has 0 aliphatic heterocycles. The number of nitrogens with zero attached hydrogens (tertiary/aromatic N) is 1. The van der Waals surface area contributed by atoms with Crippen LogP contribution in [0.5, 0.6) is 0 Å². The maximum atomic E-state index is 9.38. The minimum Gasteiger partial charge on any atom is -0.396 e. The minimum absolute atomic E-state index is 0.193. The lowest BCUT2D eigenvalue weighted by Gasteiger charge is -2.09. The van der Waals surface area contributed by atoms with Crippen LogP contribution >= 0.6 is 0 Å². The SMILES string of the molecule is Cc1cccc2c1c(C(C)CO)cn2C(C)C. The molecular weight excluding hydrogens is 210 g/mol. The fourth-order valence-corrected chi connectivity index (χ4v) is 2.43. The third kappa shape index (κ3) is 1.98. The fraction of sp³-hybridized carbons (Fsp3) is 0.467. The van der Waals surface area contributed by atoms with Gasteiger partial charge in [0.05, 0.1) is 0 Å². The van der Waals surface area contributed by atoms with Gasteiger partial charge in [-0.1, -0.05) is 19.1 Å². The first kappa shape index (κ1) is 12.2. The molecule has 0 aliphatic carbocycles. The Morgan fingerprint density at radius 3 is 2.53 bits per heavy atom. The molecule has 1 aromatic carbocycles. The van der Waals surface area contributed by atoms with Gasteiger partial charge in [-0.3, -0.25) is 0 Å². The molecule has 1 aromatic heterocycles. The molecule has 0 radical (unpaired) electrons. The smallest absolute Gasteiger partial charge is 0.0497 e. The van der Waals surface area contributed by atoms with E-state index in [9.17, 15) is 5.11 Å². The number of benzene rings is 1. The van der Waals surface area contributed by atoms with Crippen LogP contribution in [0, 0.1) is 6.92 Å². The van der Waals surface area contributed by atoms with Crippen LogP contribution in [0.3, 0.4) is 0 Å². The molecule has 2 heteroatoms. The zero-order valence-corrected chi connectivity index (χ0v) is 11.1. The van der Waals surface area contributed by atoms with Crippen molar-refractivity contribution in [2.75, 3.05) is 6.61 Å². The maximum Gasteiger partial charge on any atom is 0.0497 e. The third-order valence-electron chi connectivity index (χ3n) is 3.46. The van der Waals surface area contributed by atoms with Crippen molar-refractivity contribution in [1.82, 2.24) is 4.57 Å². The van der Waals surface area contributed by atoms with Gasteiger partial charge >= 0.3 is 0 Å². The number of hydrogen-bond donors (Lipinski definition) is 1. The minimum atomic E-state index is 0.193. The summed E-state index contributed by atoms with van der Waals surface area (Å²) < 4.78 is 2.30. The maximum absolute atomic E-state index is 9.38. The molecule has 2 rings (SSSR count). The molecule has 0 bridgehead atoms. The number of hydrogen-bond acceptors (Lipinski definition) is 1. The number of aliphatic hydroxyl groups excluding tert-OH is 1. The molecule has 0 fully saturated rings. The summed E-state index contributed by atoms with van der Waals surface area (Å²) in [6, 6.07) is 6.85. The van der Waals surface area contributed by atoms with Crippen molar-refractivity contribution in [3.05, 3.63) is 35.5 Å². The van der Waals surface area contributed by atoms with Crippen molar-refractivity contribution < 1.29 is 5.11 Å². The Morgan fingerprint density at radius 1 is 1.24 bits per heavy atom. The lowest BCUT2D eigenvalue weighted by Crippen LogP contribution is -2.00. The summed E-state index contributed by atoms with van der Waals surface area (Å²) in [5.74, 6) is 0.193. The van der Waals surface area contributed by atoms with Crippen LogP contribution in [0.15, 0.2) is 24.4 Å². The van der Waals surface area contributed by atoms with Crippen LogP contribution < -0.4 is 0 Å². The monoisotopic (exact) mass is 231 g/mol. The van der Waals surface area contributed by atoms with Gasteiger partial charge in [-0.05, 0) is 38.0 Å². The summed E-state index contributed by atoms with van der Waals surface area (Å²) in [5.41, 5.74) is 3.82. The highest BCUT2D eigenvalue weighted by Crippen LogP contribution is 2.31. The normalized spacial score (nSPS) is 13.5. The number of aromatic nitrogens is 1. The molecule has 2 nitrogen and oxygen atoms in total. The van der Waals surface area contributed by atoms with Crippen LogP contribution in [-0.2, 0) is 0 Å². The first-order valence-electron chi connectivity index (χ1n) is 6.27. The average molecular weight is 231 g/mol. The van der Waals surface area contributed by atoms with Gasteiger partial charge in [-0.25, -0.2) is 0 Å². The Balaban J connectivity index is 2.76. The second-order valence-corrected chi connectivity index (χ2v) is 5.14. The van der Waals surface area contributed by atoms with E-state index >= 15 is 0 Å². The zero-order valence-electron chi connectivity index (χ0n) is 11.1. The van der Waals surface area contributed by atoms with E-state index in [0.717, 1.165) is 0 Å². The summed E-state index contributed by atoms with van der Waals surface area (Å²) in [6.07, 6.45) is 2.20. The largest absolute Gasteiger partial charge is 0.396 e. The van der Waals surface area contributed by atoms with Gasteiger partial charge in [-0.15, -0.1) is 0 Å². The highest BCUT2D eigenvalue weighted by molar-refractivity contribution is 5.87. The van der Waals surface area contributed by atoms with Crippen LogP contribution in [0.2, 0.25) is 0 Å². The van der Waals surface area contributed by atoms with E-state index in [2.05, 4.69) is 56.7 Å². The first-order chi connectivity index (χ1) is 8.06. The van der Waals surface area contributed by atoms with Gasteiger partial charge in [0, 0.05) is 35.7 Å². The number of aryl methyl sites for hydroxylation is 1. The topological polar surface area (TPSA) is 25.2 Å². The average Bonchev–Trinajstić information content (AvgIpc) is 2.69. The van der Waals surface area contributed by atoms with E-state index in [-0.39, 0.29) is 12.5 Å². The summed E-state index contributed by atoms with van der Waals surface area (Å²) in [7, 11) is 0.